The maximum atomic E-state index is 9.21. The van der Waals surface area contributed by atoms with Crippen LogP contribution in [-0.2, 0) is 42.5 Å². The van der Waals surface area contributed by atoms with Gasteiger partial charge in [0, 0.05) is 0 Å². The van der Waals surface area contributed by atoms with Crippen LogP contribution in [0.2, 0.25) is 0 Å². The molecule has 0 aromatic carbocycles. The second kappa shape index (κ2) is 31.3. The van der Waals surface area contributed by atoms with E-state index in [0.29, 0.717) is 21.7 Å². The van der Waals surface area contributed by atoms with Gasteiger partial charge in [0.15, 0.2) is 0 Å². The third kappa shape index (κ3) is 55.8. The van der Waals surface area contributed by atoms with E-state index >= 15 is 0 Å². The van der Waals surface area contributed by atoms with Gasteiger partial charge >= 0.3 is 95.2 Å². The minimum absolute atomic E-state index is 0.611. The first kappa shape index (κ1) is 17.6. The molecule has 0 bridgehead atoms. The Balaban J connectivity index is -0.0000000847. The van der Waals surface area contributed by atoms with Crippen LogP contribution in [-0.4, -0.2) is 52.7 Å². The van der Waals surface area contributed by atoms with Gasteiger partial charge in [-0.3, -0.25) is 0 Å². The van der Waals surface area contributed by atoms with E-state index in [2.05, 4.69) is 2.84 Å². The Bertz CT molecular complexity index is 102. The molecule has 48 valence electrons. The molecule has 0 saturated heterocycles. The maximum absolute atomic E-state index is 9.21. The standard InChI is InChI=1S/2Al.Mg.6O.Zr. The minimum atomic E-state index is -2.27. The summed E-state index contributed by atoms with van der Waals surface area (Å²) >= 11 is -4.14. The van der Waals surface area contributed by atoms with E-state index in [1.165, 1.54) is 0 Å². The van der Waals surface area contributed by atoms with Gasteiger partial charge in [0.2, 0.25) is 0 Å². The molecule has 6 nitrogen and oxygen atoms in total. The van der Waals surface area contributed by atoms with Crippen molar-refractivity contribution in [2.24, 2.45) is 0 Å². The van der Waals surface area contributed by atoms with Crippen LogP contribution in [0, 0.1) is 0 Å². The van der Waals surface area contributed by atoms with Crippen molar-refractivity contribution in [1.82, 2.24) is 0 Å². The molecular weight excluding hydrogens is 265 g/mol. The van der Waals surface area contributed by atoms with Crippen molar-refractivity contribution in [3.63, 3.8) is 0 Å². The average Bonchev–Trinajstić information content (AvgIpc) is 1.96. The molecule has 0 unspecified atom stereocenters. The molecule has 0 atom stereocenters. The zero-order valence-corrected chi connectivity index (χ0v) is 11.0. The van der Waals surface area contributed by atoms with Crippen LogP contribution >= 0.6 is 0 Å². The Morgan fingerprint density at radius 3 is 1.30 bits per heavy atom. The van der Waals surface area contributed by atoms with E-state index in [9.17, 15) is 7.61 Å². The Hall–Kier alpha value is 1.51. The molecule has 0 aromatic rings. The summed E-state index contributed by atoms with van der Waals surface area (Å²) in [6, 6.07) is 0. The summed E-state index contributed by atoms with van der Waals surface area (Å²) in [6.45, 7) is 0. The van der Waals surface area contributed by atoms with Gasteiger partial charge in [0.05, 0.1) is 0 Å². The van der Waals surface area contributed by atoms with Crippen molar-refractivity contribution in [3.05, 3.63) is 0 Å². The Kier molecular flexibility index (Phi) is 55.0. The molecule has 0 N–H and O–H groups in total. The first-order valence-corrected chi connectivity index (χ1v) is 6.11. The summed E-state index contributed by atoms with van der Waals surface area (Å²) in [6.07, 6.45) is 0. The van der Waals surface area contributed by atoms with Crippen LogP contribution in [0.3, 0.4) is 0 Å². The number of hydrogen-bond acceptors (Lipinski definition) is 6. The normalized spacial score (nSPS) is 3.40. The second-order valence-electron chi connectivity index (χ2n) is 0.412. The molecule has 10 heteroatoms. The topological polar surface area (TPSA) is 94.6 Å². The molecule has 0 aliphatic rings. The summed E-state index contributed by atoms with van der Waals surface area (Å²) in [4.78, 5) is 0. The summed E-state index contributed by atoms with van der Waals surface area (Å²) in [7, 11) is 0. The number of rotatable bonds is 2. The van der Waals surface area contributed by atoms with Crippen molar-refractivity contribution in [2.75, 3.05) is 0 Å². The van der Waals surface area contributed by atoms with Crippen LogP contribution < -0.4 is 0 Å². The molecule has 0 spiro atoms. The van der Waals surface area contributed by atoms with Gasteiger partial charge in [-0.15, -0.1) is 0 Å². The third-order valence-corrected chi connectivity index (χ3v) is 1.00. The van der Waals surface area contributed by atoms with Crippen molar-refractivity contribution in [3.8, 4) is 0 Å². The molecule has 0 aliphatic heterocycles. The Morgan fingerprint density at radius 1 is 1.10 bits per heavy atom. The molecule has 0 saturated carbocycles. The van der Waals surface area contributed by atoms with Crippen molar-refractivity contribution in [2.45, 2.75) is 0 Å². The molecular formula is Al2MgO6Zr. The zero-order valence-electron chi connectivity index (χ0n) is 4.81. The van der Waals surface area contributed by atoms with E-state index in [1.54, 1.807) is 0 Å². The van der Waals surface area contributed by atoms with Crippen molar-refractivity contribution >= 4 is 52.7 Å². The van der Waals surface area contributed by atoms with Crippen molar-refractivity contribution < 1.29 is 42.5 Å². The quantitative estimate of drug-likeness (QED) is 0.546. The Labute approximate surface area is 93.8 Å². The van der Waals surface area contributed by atoms with Crippen LogP contribution in [0.5, 0.6) is 0 Å². The molecule has 0 aromatic heterocycles. The van der Waals surface area contributed by atoms with Gasteiger partial charge in [-0.1, -0.05) is 0 Å². The van der Waals surface area contributed by atoms with Gasteiger partial charge in [-0.2, -0.15) is 0 Å². The van der Waals surface area contributed by atoms with Gasteiger partial charge in [-0.05, 0) is 0 Å². The SMILES string of the molecule is [O]=[Al][O][Al]=[O].[O]=[Mg].[O]=[Zr]=[O]. The summed E-state index contributed by atoms with van der Waals surface area (Å²) in [5, 5.41) is 0. The van der Waals surface area contributed by atoms with Crippen LogP contribution in [0.15, 0.2) is 0 Å². The monoisotopic (exact) mass is 264 g/mol. The molecule has 0 fully saturated rings. The predicted octanol–water partition coefficient (Wildman–Crippen LogP) is -1.81. The van der Waals surface area contributed by atoms with Crippen molar-refractivity contribution in [1.29, 1.82) is 0 Å². The third-order valence-electron chi connectivity index (χ3n) is 0.111. The van der Waals surface area contributed by atoms with Crippen LogP contribution in [0.25, 0.3) is 0 Å². The number of hydrogen-bond donors (Lipinski definition) is 0. The molecule has 0 radical (unpaired) electrons. The molecule has 0 aliphatic carbocycles. The first-order valence-electron chi connectivity index (χ1n) is 1.64. The summed E-state index contributed by atoms with van der Waals surface area (Å²) < 4.78 is 47.7. The van der Waals surface area contributed by atoms with E-state index in [4.69, 9.17) is 8.80 Å². The first-order chi connectivity index (χ1) is 4.83. The second-order valence-corrected chi connectivity index (χ2v) is 2.30. The summed E-state index contributed by atoms with van der Waals surface area (Å²) in [5.74, 6) is 0. The molecule has 10 heavy (non-hydrogen) atoms. The zero-order chi connectivity index (χ0) is 8.83. The van der Waals surface area contributed by atoms with Gasteiger partial charge in [0.25, 0.3) is 0 Å². The fraction of sp³-hybridized carbons (Fsp3) is 0. The molecule has 0 rings (SSSR count). The molecule has 0 heterocycles. The van der Waals surface area contributed by atoms with Gasteiger partial charge < -0.3 is 0 Å². The Morgan fingerprint density at radius 2 is 1.30 bits per heavy atom. The van der Waals surface area contributed by atoms with E-state index in [-0.39, 0.29) is 0 Å². The van der Waals surface area contributed by atoms with Gasteiger partial charge in [0.1, 0.15) is 0 Å². The predicted molar refractivity (Wildman–Crippen MR) is 21.8 cm³/mol. The van der Waals surface area contributed by atoms with E-state index in [1.807, 2.05) is 0 Å². The molecule has 0 amide bonds. The fourth-order valence-electron chi connectivity index (χ4n) is 0.0227. The average molecular weight is 265 g/mol. The van der Waals surface area contributed by atoms with Crippen LogP contribution in [0.1, 0.15) is 0 Å². The van der Waals surface area contributed by atoms with Gasteiger partial charge in [-0.25, -0.2) is 0 Å². The van der Waals surface area contributed by atoms with E-state index in [0.717, 1.165) is 0 Å². The summed E-state index contributed by atoms with van der Waals surface area (Å²) in [5.41, 5.74) is 0. The van der Waals surface area contributed by atoms with E-state index < -0.39 is 54.2 Å². The fourth-order valence-corrected chi connectivity index (χ4v) is 0.204. The van der Waals surface area contributed by atoms with Crippen LogP contribution in [0.4, 0.5) is 0 Å².